The number of fused-ring (bicyclic) bond motifs is 1. The molecule has 2 saturated heterocycles. The molecule has 16 heavy (non-hydrogen) atoms. The number of aryl methyl sites for hydroxylation is 1. The Balaban J connectivity index is 1.85. The summed E-state index contributed by atoms with van der Waals surface area (Å²) >= 11 is 1.29. The largest absolute Gasteiger partial charge is 0.477 e. The molecule has 0 amide bonds. The number of carboxylic acid groups (broad SMARTS) is 1. The zero-order valence-corrected chi connectivity index (χ0v) is 9.75. The Morgan fingerprint density at radius 3 is 3.12 bits per heavy atom. The number of carboxylic acids is 1. The molecule has 0 bridgehead atoms. The molecule has 3 rings (SSSR count). The fourth-order valence-corrected chi connectivity index (χ4v) is 3.42. The fourth-order valence-electron chi connectivity index (χ4n) is 2.45. The first-order valence-electron chi connectivity index (χ1n) is 5.37. The van der Waals surface area contributed by atoms with E-state index in [4.69, 9.17) is 5.11 Å². The molecule has 0 saturated carbocycles. The summed E-state index contributed by atoms with van der Waals surface area (Å²) in [5.74, 6) is -0.872. The quantitative estimate of drug-likeness (QED) is 0.795. The number of nitrogens with zero attached hydrogens (tertiary/aromatic N) is 2. The zero-order valence-electron chi connectivity index (χ0n) is 8.93. The third kappa shape index (κ3) is 1.33. The molecule has 86 valence electrons. The topological polar surface area (TPSA) is 65.5 Å². The lowest BCUT2D eigenvalue weighted by molar-refractivity contribution is 0.0701. The van der Waals surface area contributed by atoms with E-state index >= 15 is 0 Å². The number of nitrogens with one attached hydrogen (secondary N) is 1. The van der Waals surface area contributed by atoms with Crippen molar-refractivity contribution in [1.82, 2.24) is 10.3 Å². The van der Waals surface area contributed by atoms with Gasteiger partial charge in [0.2, 0.25) is 0 Å². The Hall–Kier alpha value is -1.14. The average molecular weight is 239 g/mol. The van der Waals surface area contributed by atoms with E-state index in [9.17, 15) is 4.79 Å². The number of hydrogen-bond acceptors (Lipinski definition) is 5. The smallest absolute Gasteiger partial charge is 0.347 e. The van der Waals surface area contributed by atoms with Crippen LogP contribution in [0.3, 0.4) is 0 Å². The third-order valence-electron chi connectivity index (χ3n) is 3.33. The van der Waals surface area contributed by atoms with Gasteiger partial charge in [0.05, 0.1) is 5.69 Å². The van der Waals surface area contributed by atoms with Crippen LogP contribution in [0.2, 0.25) is 0 Å². The number of rotatable bonds is 2. The second-order valence-corrected chi connectivity index (χ2v) is 5.26. The first-order chi connectivity index (χ1) is 7.66. The maximum Gasteiger partial charge on any atom is 0.347 e. The highest BCUT2D eigenvalue weighted by molar-refractivity contribution is 7.17. The van der Waals surface area contributed by atoms with Crippen molar-refractivity contribution in [1.29, 1.82) is 0 Å². The van der Waals surface area contributed by atoms with E-state index in [1.165, 1.54) is 11.3 Å². The van der Waals surface area contributed by atoms with Crippen LogP contribution in [0, 0.1) is 6.92 Å². The molecule has 2 aliphatic rings. The van der Waals surface area contributed by atoms with Crippen molar-refractivity contribution < 1.29 is 9.90 Å². The Labute approximate surface area is 97.1 Å². The number of aromatic carboxylic acids is 1. The van der Waals surface area contributed by atoms with Crippen molar-refractivity contribution in [3.05, 3.63) is 10.6 Å². The van der Waals surface area contributed by atoms with E-state index in [2.05, 4.69) is 15.2 Å². The van der Waals surface area contributed by atoms with E-state index in [1.807, 2.05) is 0 Å². The predicted octanol–water partition coefficient (Wildman–Crippen LogP) is 0.700. The first-order valence-corrected chi connectivity index (χ1v) is 6.19. The van der Waals surface area contributed by atoms with Gasteiger partial charge in [-0.15, -0.1) is 0 Å². The summed E-state index contributed by atoms with van der Waals surface area (Å²) in [5.41, 5.74) is 0.627. The Kier molecular flexibility index (Phi) is 2.15. The zero-order chi connectivity index (χ0) is 11.3. The molecule has 0 radical (unpaired) electrons. The van der Waals surface area contributed by atoms with Gasteiger partial charge in [-0.1, -0.05) is 11.3 Å². The summed E-state index contributed by atoms with van der Waals surface area (Å²) < 4.78 is 0. The maximum absolute atomic E-state index is 10.9. The van der Waals surface area contributed by atoms with Crippen LogP contribution < -0.4 is 10.2 Å². The molecule has 1 aromatic rings. The van der Waals surface area contributed by atoms with Crippen molar-refractivity contribution in [3.8, 4) is 0 Å². The van der Waals surface area contributed by atoms with Crippen LogP contribution in [0.4, 0.5) is 5.13 Å². The van der Waals surface area contributed by atoms with Crippen LogP contribution in [-0.4, -0.2) is 41.2 Å². The maximum atomic E-state index is 10.9. The molecule has 0 aromatic carbocycles. The van der Waals surface area contributed by atoms with Crippen LogP contribution in [0.15, 0.2) is 0 Å². The van der Waals surface area contributed by atoms with E-state index in [0.717, 1.165) is 24.6 Å². The monoisotopic (exact) mass is 239 g/mol. The van der Waals surface area contributed by atoms with E-state index in [-0.39, 0.29) is 0 Å². The predicted molar refractivity (Wildman–Crippen MR) is 61.4 cm³/mol. The molecule has 2 atom stereocenters. The molecule has 0 aliphatic carbocycles. The SMILES string of the molecule is Cc1nc(N2C[C@H]3NCC[C@H]32)sc1C(=O)O. The summed E-state index contributed by atoms with van der Waals surface area (Å²) in [6, 6.07) is 1.10. The van der Waals surface area contributed by atoms with Crippen LogP contribution in [0.25, 0.3) is 0 Å². The van der Waals surface area contributed by atoms with Crippen molar-refractivity contribution in [2.75, 3.05) is 18.0 Å². The minimum absolute atomic E-state index is 0.365. The molecule has 3 heterocycles. The van der Waals surface area contributed by atoms with Gasteiger partial charge < -0.3 is 15.3 Å². The van der Waals surface area contributed by atoms with Gasteiger partial charge in [0, 0.05) is 18.6 Å². The lowest BCUT2D eigenvalue weighted by Gasteiger charge is -2.43. The number of carbonyl (C=O) groups is 1. The summed E-state index contributed by atoms with van der Waals surface area (Å²) in [6.07, 6.45) is 1.13. The minimum Gasteiger partial charge on any atom is -0.477 e. The number of aromatic nitrogens is 1. The van der Waals surface area contributed by atoms with Gasteiger partial charge in [0.1, 0.15) is 4.88 Å². The lowest BCUT2D eigenvalue weighted by Crippen LogP contribution is -2.61. The molecular weight excluding hydrogens is 226 g/mol. The normalized spacial score (nSPS) is 27.7. The van der Waals surface area contributed by atoms with E-state index in [1.54, 1.807) is 6.92 Å². The van der Waals surface area contributed by atoms with Gasteiger partial charge in [0.25, 0.3) is 0 Å². The van der Waals surface area contributed by atoms with Gasteiger partial charge in [0.15, 0.2) is 5.13 Å². The Bertz CT molecular complexity index is 445. The van der Waals surface area contributed by atoms with Gasteiger partial charge in [-0.3, -0.25) is 0 Å². The third-order valence-corrected chi connectivity index (χ3v) is 4.51. The number of hydrogen-bond donors (Lipinski definition) is 2. The highest BCUT2D eigenvalue weighted by atomic mass is 32.1. The molecule has 2 fully saturated rings. The van der Waals surface area contributed by atoms with Gasteiger partial charge >= 0.3 is 5.97 Å². The number of anilines is 1. The van der Waals surface area contributed by atoms with Crippen LogP contribution in [0.5, 0.6) is 0 Å². The highest BCUT2D eigenvalue weighted by Gasteiger charge is 2.43. The van der Waals surface area contributed by atoms with Crippen molar-refractivity contribution in [2.24, 2.45) is 0 Å². The molecule has 5 nitrogen and oxygen atoms in total. The van der Waals surface area contributed by atoms with Crippen LogP contribution in [-0.2, 0) is 0 Å². The van der Waals surface area contributed by atoms with Crippen LogP contribution in [0.1, 0.15) is 21.8 Å². The molecule has 1 aromatic heterocycles. The molecular formula is C10H13N3O2S. The second kappa shape index (κ2) is 3.43. The van der Waals surface area contributed by atoms with E-state index < -0.39 is 5.97 Å². The van der Waals surface area contributed by atoms with Gasteiger partial charge in [-0.2, -0.15) is 0 Å². The van der Waals surface area contributed by atoms with Crippen LogP contribution >= 0.6 is 11.3 Å². The summed E-state index contributed by atoms with van der Waals surface area (Å²) in [4.78, 5) is 17.9. The summed E-state index contributed by atoms with van der Waals surface area (Å²) in [6.45, 7) is 3.77. The Morgan fingerprint density at radius 1 is 1.69 bits per heavy atom. The highest BCUT2D eigenvalue weighted by Crippen LogP contribution is 2.35. The molecule has 2 N–H and O–H groups in total. The van der Waals surface area contributed by atoms with Crippen molar-refractivity contribution >= 4 is 22.4 Å². The van der Waals surface area contributed by atoms with Crippen molar-refractivity contribution in [3.63, 3.8) is 0 Å². The first kappa shape index (κ1) is 10.0. The van der Waals surface area contributed by atoms with Crippen molar-refractivity contribution in [2.45, 2.75) is 25.4 Å². The summed E-state index contributed by atoms with van der Waals surface area (Å²) in [5, 5.41) is 13.3. The summed E-state index contributed by atoms with van der Waals surface area (Å²) in [7, 11) is 0. The van der Waals surface area contributed by atoms with E-state index in [0.29, 0.717) is 22.7 Å². The molecule has 6 heteroatoms. The molecule has 0 spiro atoms. The minimum atomic E-state index is -0.872. The molecule has 2 aliphatic heterocycles. The molecule has 0 unspecified atom stereocenters. The average Bonchev–Trinajstić information content (AvgIpc) is 2.72. The lowest BCUT2D eigenvalue weighted by atomic mass is 9.99. The second-order valence-electron chi connectivity index (χ2n) is 4.29. The number of thiazole rings is 1. The fraction of sp³-hybridized carbons (Fsp3) is 0.600. The van der Waals surface area contributed by atoms with Gasteiger partial charge in [-0.05, 0) is 19.9 Å². The van der Waals surface area contributed by atoms with Gasteiger partial charge in [-0.25, -0.2) is 9.78 Å². The standard InChI is InChI=1S/C10H13N3O2S/c1-5-8(9(14)15)16-10(12-5)13-4-6-7(13)2-3-11-6/h6-7,11H,2-4H2,1H3,(H,14,15)/t6-,7-/m1/s1. The Morgan fingerprint density at radius 2 is 2.50 bits per heavy atom.